The van der Waals surface area contributed by atoms with Gasteiger partial charge in [-0.25, -0.2) is 4.98 Å². The number of hydrogen-bond donors (Lipinski definition) is 1. The Bertz CT molecular complexity index is 473. The molecule has 0 radical (unpaired) electrons. The minimum atomic E-state index is -0.820. The lowest BCUT2D eigenvalue weighted by Gasteiger charge is -2.23. The van der Waals surface area contributed by atoms with E-state index >= 15 is 0 Å². The number of rotatable bonds is 5. The highest BCUT2D eigenvalue weighted by Crippen LogP contribution is 2.29. The molecule has 2 heterocycles. The van der Waals surface area contributed by atoms with Crippen LogP contribution in [0.25, 0.3) is 0 Å². The van der Waals surface area contributed by atoms with Crippen LogP contribution in [0.15, 0.2) is 11.4 Å². The van der Waals surface area contributed by atoms with Crippen molar-refractivity contribution in [3.63, 3.8) is 0 Å². The molecule has 2 rings (SSSR count). The van der Waals surface area contributed by atoms with Gasteiger partial charge in [0.1, 0.15) is 0 Å². The first-order valence-electron chi connectivity index (χ1n) is 6.90. The molecule has 1 aromatic heterocycles. The molecule has 0 saturated carbocycles. The largest absolute Gasteiger partial charge is 0.481 e. The predicted molar refractivity (Wildman–Crippen MR) is 78.3 cm³/mol. The summed E-state index contributed by atoms with van der Waals surface area (Å²) in [6.07, 6.45) is 4.24. The Morgan fingerprint density at radius 1 is 1.60 bits per heavy atom. The van der Waals surface area contributed by atoms with E-state index < -0.39 is 5.97 Å². The van der Waals surface area contributed by atoms with Gasteiger partial charge in [0.05, 0.1) is 18.4 Å². The van der Waals surface area contributed by atoms with Crippen LogP contribution >= 0.6 is 11.8 Å². The molecule has 6 heteroatoms. The molecule has 0 aromatic carbocycles. The first kappa shape index (κ1) is 15.4. The average Bonchev–Trinajstić information content (AvgIpc) is 2.95. The number of hydrogen-bond acceptors (Lipinski definition) is 4. The van der Waals surface area contributed by atoms with E-state index in [0.717, 1.165) is 36.8 Å². The predicted octanol–water partition coefficient (Wildman–Crippen LogP) is 2.54. The minimum Gasteiger partial charge on any atom is -0.481 e. The summed E-state index contributed by atoms with van der Waals surface area (Å²) >= 11 is 1.27. The van der Waals surface area contributed by atoms with Crippen LogP contribution in [0.2, 0.25) is 0 Å². The van der Waals surface area contributed by atoms with Crippen molar-refractivity contribution in [1.82, 2.24) is 9.55 Å². The fraction of sp³-hybridized carbons (Fsp3) is 0.714. The lowest BCUT2D eigenvalue weighted by Crippen LogP contribution is -2.23. The molecule has 1 aromatic rings. The standard InChI is InChI=1S/C14H22N2O3S/c1-14(2,3)11-7-15-13(20-9-12(17)18)16(11)8-10-5-4-6-19-10/h7,10H,4-6,8-9H2,1-3H3,(H,17,18). The minimum absolute atomic E-state index is 0.0202. The third kappa shape index (κ3) is 3.76. The van der Waals surface area contributed by atoms with Crippen LogP contribution in [0, 0.1) is 0 Å². The number of nitrogens with zero attached hydrogens (tertiary/aromatic N) is 2. The Morgan fingerprint density at radius 3 is 2.90 bits per heavy atom. The number of imidazole rings is 1. The van der Waals surface area contributed by atoms with Crippen molar-refractivity contribution in [2.24, 2.45) is 0 Å². The van der Waals surface area contributed by atoms with Gasteiger partial charge in [-0.05, 0) is 12.8 Å². The molecule has 1 atom stereocenters. The second-order valence-electron chi connectivity index (χ2n) is 6.10. The number of carbonyl (C=O) groups is 1. The van der Waals surface area contributed by atoms with Crippen LogP contribution in [0.3, 0.4) is 0 Å². The van der Waals surface area contributed by atoms with E-state index in [1.54, 1.807) is 0 Å². The number of aromatic nitrogens is 2. The summed E-state index contributed by atoms with van der Waals surface area (Å²) in [4.78, 5) is 15.2. The zero-order chi connectivity index (χ0) is 14.8. The monoisotopic (exact) mass is 298 g/mol. The lowest BCUT2D eigenvalue weighted by molar-refractivity contribution is -0.133. The maximum atomic E-state index is 10.7. The van der Waals surface area contributed by atoms with Crippen LogP contribution in [0.1, 0.15) is 39.3 Å². The van der Waals surface area contributed by atoms with Crippen molar-refractivity contribution in [3.05, 3.63) is 11.9 Å². The molecule has 1 unspecified atom stereocenters. The quantitative estimate of drug-likeness (QED) is 0.846. The normalized spacial score (nSPS) is 19.4. The molecule has 1 aliphatic heterocycles. The highest BCUT2D eigenvalue weighted by molar-refractivity contribution is 7.99. The highest BCUT2D eigenvalue weighted by atomic mass is 32.2. The second-order valence-corrected chi connectivity index (χ2v) is 7.05. The van der Waals surface area contributed by atoms with Crippen molar-refractivity contribution in [2.45, 2.75) is 56.8 Å². The Hall–Kier alpha value is -1.01. The molecule has 5 nitrogen and oxygen atoms in total. The van der Waals surface area contributed by atoms with Crippen LogP contribution in [0.5, 0.6) is 0 Å². The smallest absolute Gasteiger partial charge is 0.313 e. The first-order chi connectivity index (χ1) is 9.38. The van der Waals surface area contributed by atoms with Gasteiger partial charge >= 0.3 is 5.97 Å². The number of carboxylic acid groups (broad SMARTS) is 1. The molecule has 112 valence electrons. The van der Waals surface area contributed by atoms with Gasteiger partial charge in [0.25, 0.3) is 0 Å². The maximum Gasteiger partial charge on any atom is 0.313 e. The van der Waals surface area contributed by atoms with Crippen molar-refractivity contribution in [2.75, 3.05) is 12.4 Å². The molecule has 0 spiro atoms. The molecular formula is C14H22N2O3S. The van der Waals surface area contributed by atoms with Crippen LogP contribution < -0.4 is 0 Å². The van der Waals surface area contributed by atoms with Gasteiger partial charge in [-0.1, -0.05) is 32.5 Å². The van der Waals surface area contributed by atoms with E-state index in [1.165, 1.54) is 11.8 Å². The highest BCUT2D eigenvalue weighted by Gasteiger charge is 2.25. The average molecular weight is 298 g/mol. The van der Waals surface area contributed by atoms with Gasteiger partial charge in [-0.3, -0.25) is 4.79 Å². The van der Waals surface area contributed by atoms with E-state index in [2.05, 4.69) is 30.3 Å². The molecule has 1 fully saturated rings. The van der Waals surface area contributed by atoms with Gasteiger partial charge in [-0.15, -0.1) is 0 Å². The molecule has 1 saturated heterocycles. The van der Waals surface area contributed by atoms with Gasteiger partial charge in [0, 0.05) is 23.9 Å². The zero-order valence-electron chi connectivity index (χ0n) is 12.3. The number of ether oxygens (including phenoxy) is 1. The molecule has 1 N–H and O–H groups in total. The SMILES string of the molecule is CC(C)(C)c1cnc(SCC(=O)O)n1CC1CCCO1. The van der Waals surface area contributed by atoms with Crippen molar-refractivity contribution in [3.8, 4) is 0 Å². The van der Waals surface area contributed by atoms with Gasteiger partial charge in [0.15, 0.2) is 5.16 Å². The van der Waals surface area contributed by atoms with Gasteiger partial charge < -0.3 is 14.4 Å². The summed E-state index contributed by atoms with van der Waals surface area (Å²) in [6.45, 7) is 8.00. The number of thioether (sulfide) groups is 1. The lowest BCUT2D eigenvalue weighted by atomic mass is 9.92. The van der Waals surface area contributed by atoms with Crippen LogP contribution in [-0.4, -0.2) is 39.1 Å². The molecule has 1 aliphatic rings. The van der Waals surface area contributed by atoms with Crippen LogP contribution in [-0.2, 0) is 21.5 Å². The van der Waals surface area contributed by atoms with Crippen molar-refractivity contribution >= 4 is 17.7 Å². The fourth-order valence-electron chi connectivity index (χ4n) is 2.37. The van der Waals surface area contributed by atoms with E-state index in [0.29, 0.717) is 0 Å². The third-order valence-electron chi connectivity index (χ3n) is 3.32. The zero-order valence-corrected chi connectivity index (χ0v) is 13.1. The summed E-state index contributed by atoms with van der Waals surface area (Å²) in [5.41, 5.74) is 1.11. The number of aliphatic carboxylic acids is 1. The van der Waals surface area contributed by atoms with E-state index in [-0.39, 0.29) is 17.3 Å². The first-order valence-corrected chi connectivity index (χ1v) is 7.88. The molecule has 0 amide bonds. The Kier molecular flexibility index (Phi) is 4.75. The van der Waals surface area contributed by atoms with Crippen molar-refractivity contribution in [1.29, 1.82) is 0 Å². The van der Waals surface area contributed by atoms with E-state index in [4.69, 9.17) is 9.84 Å². The molecule has 20 heavy (non-hydrogen) atoms. The topological polar surface area (TPSA) is 64.3 Å². The summed E-state index contributed by atoms with van der Waals surface area (Å²) in [6, 6.07) is 0. The molecule has 0 bridgehead atoms. The third-order valence-corrected chi connectivity index (χ3v) is 4.30. The Morgan fingerprint density at radius 2 is 2.35 bits per heavy atom. The van der Waals surface area contributed by atoms with Crippen molar-refractivity contribution < 1.29 is 14.6 Å². The summed E-state index contributed by atoms with van der Waals surface area (Å²) in [7, 11) is 0. The second kappa shape index (κ2) is 6.18. The van der Waals surface area contributed by atoms with E-state index in [9.17, 15) is 4.79 Å². The maximum absolute atomic E-state index is 10.7. The Balaban J connectivity index is 2.22. The fourth-order valence-corrected chi connectivity index (χ4v) is 3.08. The molecular weight excluding hydrogens is 276 g/mol. The van der Waals surface area contributed by atoms with Gasteiger partial charge in [0.2, 0.25) is 0 Å². The summed E-state index contributed by atoms with van der Waals surface area (Å²) < 4.78 is 7.83. The number of carboxylic acids is 1. The van der Waals surface area contributed by atoms with E-state index in [1.807, 2.05) is 6.20 Å². The summed E-state index contributed by atoms with van der Waals surface area (Å²) in [5, 5.41) is 9.61. The molecule has 0 aliphatic carbocycles. The Labute approximate surface area is 123 Å². The summed E-state index contributed by atoms with van der Waals surface area (Å²) in [5.74, 6) is -0.787. The van der Waals surface area contributed by atoms with Crippen LogP contribution in [0.4, 0.5) is 0 Å². The van der Waals surface area contributed by atoms with Gasteiger partial charge in [-0.2, -0.15) is 0 Å².